The highest BCUT2D eigenvalue weighted by molar-refractivity contribution is 5.71. The Morgan fingerprint density at radius 1 is 1.30 bits per heavy atom. The van der Waals surface area contributed by atoms with Crippen molar-refractivity contribution in [2.45, 2.75) is 44.7 Å². The molecule has 3 rings (SSSR count). The molecule has 0 bridgehead atoms. The molecule has 1 unspecified atom stereocenters. The summed E-state index contributed by atoms with van der Waals surface area (Å²) in [5, 5.41) is 1.72. The number of carbonyl (C=O) groups is 1. The van der Waals surface area contributed by atoms with Crippen molar-refractivity contribution >= 4 is 5.97 Å². The highest BCUT2D eigenvalue weighted by Gasteiger charge is 2.45. The fraction of sp³-hybridized carbons (Fsp3) is 0.533. The molecule has 5 nitrogen and oxygen atoms in total. The summed E-state index contributed by atoms with van der Waals surface area (Å²) in [6.45, 7) is 4.81. The molecule has 0 aliphatic carbocycles. The van der Waals surface area contributed by atoms with Gasteiger partial charge in [0, 0.05) is 0 Å². The molecule has 2 saturated heterocycles. The Balaban J connectivity index is 1.71. The van der Waals surface area contributed by atoms with E-state index in [2.05, 4.69) is 0 Å². The van der Waals surface area contributed by atoms with Crippen LogP contribution >= 0.6 is 0 Å². The molecule has 0 amide bonds. The molecule has 5 heteroatoms. The maximum absolute atomic E-state index is 11.6. The minimum absolute atomic E-state index is 0.0931. The van der Waals surface area contributed by atoms with Crippen molar-refractivity contribution in [2.75, 3.05) is 6.61 Å². The molecule has 108 valence electrons. The molecule has 2 heterocycles. The summed E-state index contributed by atoms with van der Waals surface area (Å²) >= 11 is 0. The zero-order chi connectivity index (χ0) is 14.2. The van der Waals surface area contributed by atoms with Crippen LogP contribution < -0.4 is 0 Å². The fourth-order valence-electron chi connectivity index (χ4n) is 2.64. The smallest absolute Gasteiger partial charge is 0.326 e. The lowest BCUT2D eigenvalue weighted by Crippen LogP contribution is -2.40. The van der Waals surface area contributed by atoms with Crippen LogP contribution in [0.5, 0.6) is 0 Å². The minimum Gasteiger partial charge on any atom is -0.367 e. The molecule has 0 N–H and O–H groups in total. The summed E-state index contributed by atoms with van der Waals surface area (Å²) in [5.41, 5.74) is 1.10. The Hall–Kier alpha value is -1.43. The molecule has 0 aromatic heterocycles. The maximum atomic E-state index is 11.6. The van der Waals surface area contributed by atoms with Crippen LogP contribution in [0, 0.1) is 0 Å². The molecular formula is C15H19NO4. The molecule has 1 aromatic carbocycles. The van der Waals surface area contributed by atoms with E-state index in [0.29, 0.717) is 19.6 Å². The SMILES string of the molecule is CC1(C)OC[C@H](C2CC(=O)ON2Cc2ccccc2)O1. The molecule has 20 heavy (non-hydrogen) atoms. The van der Waals surface area contributed by atoms with Gasteiger partial charge in [0.1, 0.15) is 6.10 Å². The van der Waals surface area contributed by atoms with Gasteiger partial charge in [-0.15, -0.1) is 5.06 Å². The Morgan fingerprint density at radius 3 is 2.70 bits per heavy atom. The van der Waals surface area contributed by atoms with E-state index in [1.165, 1.54) is 0 Å². The van der Waals surface area contributed by atoms with Crippen LogP contribution in [0.2, 0.25) is 0 Å². The topological polar surface area (TPSA) is 48.0 Å². The first-order valence-electron chi connectivity index (χ1n) is 6.87. The zero-order valence-corrected chi connectivity index (χ0v) is 11.7. The van der Waals surface area contributed by atoms with Gasteiger partial charge in [-0.1, -0.05) is 30.3 Å². The van der Waals surface area contributed by atoms with E-state index in [-0.39, 0.29) is 18.1 Å². The average Bonchev–Trinajstić information content (AvgIpc) is 2.93. The summed E-state index contributed by atoms with van der Waals surface area (Å²) in [6.07, 6.45) is 0.205. The lowest BCUT2D eigenvalue weighted by atomic mass is 10.1. The summed E-state index contributed by atoms with van der Waals surface area (Å²) < 4.78 is 11.4. The number of hydrogen-bond acceptors (Lipinski definition) is 5. The van der Waals surface area contributed by atoms with E-state index in [4.69, 9.17) is 14.3 Å². The molecule has 2 atom stereocenters. The van der Waals surface area contributed by atoms with E-state index < -0.39 is 5.79 Å². The Labute approximate surface area is 118 Å². The van der Waals surface area contributed by atoms with Gasteiger partial charge in [-0.2, -0.15) is 0 Å². The molecule has 0 radical (unpaired) electrons. The molecule has 0 saturated carbocycles. The highest BCUT2D eigenvalue weighted by atomic mass is 16.8. The van der Waals surface area contributed by atoms with Crippen LogP contribution in [0.25, 0.3) is 0 Å². The molecular weight excluding hydrogens is 258 g/mol. The quantitative estimate of drug-likeness (QED) is 0.844. The highest BCUT2D eigenvalue weighted by Crippen LogP contribution is 2.31. The molecule has 1 aromatic rings. The van der Waals surface area contributed by atoms with E-state index in [1.807, 2.05) is 44.2 Å². The van der Waals surface area contributed by atoms with Crippen molar-refractivity contribution in [2.24, 2.45) is 0 Å². The van der Waals surface area contributed by atoms with Crippen LogP contribution in [-0.4, -0.2) is 35.6 Å². The van der Waals surface area contributed by atoms with Crippen molar-refractivity contribution in [3.8, 4) is 0 Å². The van der Waals surface area contributed by atoms with Crippen molar-refractivity contribution in [3.63, 3.8) is 0 Å². The number of nitrogens with zero attached hydrogens (tertiary/aromatic N) is 1. The normalized spacial score (nSPS) is 29.6. The summed E-state index contributed by atoms with van der Waals surface area (Å²) in [7, 11) is 0. The Morgan fingerprint density at radius 2 is 2.05 bits per heavy atom. The third-order valence-electron chi connectivity index (χ3n) is 3.61. The summed E-state index contributed by atoms with van der Waals surface area (Å²) in [6, 6.07) is 9.84. The first kappa shape index (κ1) is 13.5. The van der Waals surface area contributed by atoms with Crippen molar-refractivity contribution in [1.82, 2.24) is 5.06 Å². The molecule has 2 aliphatic rings. The predicted molar refractivity (Wildman–Crippen MR) is 71.4 cm³/mol. The number of hydroxylamine groups is 2. The first-order valence-corrected chi connectivity index (χ1v) is 6.87. The number of ether oxygens (including phenoxy) is 2. The Kier molecular flexibility index (Phi) is 3.50. The van der Waals surface area contributed by atoms with E-state index in [0.717, 1.165) is 5.56 Å². The van der Waals surface area contributed by atoms with E-state index >= 15 is 0 Å². The lowest BCUT2D eigenvalue weighted by Gasteiger charge is -2.26. The van der Waals surface area contributed by atoms with Crippen molar-refractivity contribution < 1.29 is 19.1 Å². The second kappa shape index (κ2) is 5.16. The largest absolute Gasteiger partial charge is 0.367 e. The van der Waals surface area contributed by atoms with Gasteiger partial charge in [0.2, 0.25) is 0 Å². The van der Waals surface area contributed by atoms with Gasteiger partial charge in [-0.05, 0) is 19.4 Å². The van der Waals surface area contributed by atoms with Gasteiger partial charge < -0.3 is 14.3 Å². The third-order valence-corrected chi connectivity index (χ3v) is 3.61. The molecule has 2 aliphatic heterocycles. The van der Waals surface area contributed by atoms with Crippen molar-refractivity contribution in [3.05, 3.63) is 35.9 Å². The van der Waals surface area contributed by atoms with Crippen molar-refractivity contribution in [1.29, 1.82) is 0 Å². The fourth-order valence-corrected chi connectivity index (χ4v) is 2.64. The maximum Gasteiger partial charge on any atom is 0.326 e. The number of carbonyl (C=O) groups excluding carboxylic acids is 1. The Bertz CT molecular complexity index is 488. The van der Waals surface area contributed by atoms with Crippen LogP contribution in [0.15, 0.2) is 30.3 Å². The third kappa shape index (κ3) is 2.85. The second-order valence-electron chi connectivity index (χ2n) is 5.66. The van der Waals surface area contributed by atoms with Gasteiger partial charge in [0.25, 0.3) is 0 Å². The van der Waals surface area contributed by atoms with Gasteiger partial charge in [-0.3, -0.25) is 4.79 Å². The number of hydrogen-bond donors (Lipinski definition) is 0. The van der Waals surface area contributed by atoms with Crippen LogP contribution in [0.4, 0.5) is 0 Å². The number of benzene rings is 1. The van der Waals surface area contributed by atoms with Gasteiger partial charge in [0.15, 0.2) is 5.79 Å². The number of rotatable bonds is 3. The van der Waals surface area contributed by atoms with Crippen LogP contribution in [0.1, 0.15) is 25.8 Å². The average molecular weight is 277 g/mol. The first-order chi connectivity index (χ1) is 9.53. The zero-order valence-electron chi connectivity index (χ0n) is 11.7. The van der Waals surface area contributed by atoms with E-state index in [9.17, 15) is 4.79 Å². The minimum atomic E-state index is -0.589. The lowest BCUT2D eigenvalue weighted by molar-refractivity contribution is -0.191. The van der Waals surface area contributed by atoms with Gasteiger partial charge >= 0.3 is 5.97 Å². The molecule has 2 fully saturated rings. The van der Waals surface area contributed by atoms with Gasteiger partial charge in [-0.25, -0.2) is 0 Å². The summed E-state index contributed by atoms with van der Waals surface area (Å²) in [4.78, 5) is 16.9. The van der Waals surface area contributed by atoms with E-state index in [1.54, 1.807) is 5.06 Å². The summed E-state index contributed by atoms with van der Waals surface area (Å²) in [5.74, 6) is -0.798. The van der Waals surface area contributed by atoms with Crippen LogP contribution in [0.3, 0.4) is 0 Å². The second-order valence-corrected chi connectivity index (χ2v) is 5.66. The standard InChI is InChI=1S/C15H19NO4/c1-15(2)18-10-13(19-15)12-8-14(17)20-16(12)9-11-6-4-3-5-7-11/h3-7,12-13H,8-10H2,1-2H3/t12?,13-/m1/s1. The van der Waals surface area contributed by atoms with Crippen LogP contribution in [-0.2, 0) is 25.7 Å². The monoisotopic (exact) mass is 277 g/mol. The predicted octanol–water partition coefficient (Wildman–Crippen LogP) is 1.87. The van der Waals surface area contributed by atoms with Gasteiger partial charge in [0.05, 0.1) is 25.6 Å². The molecule has 0 spiro atoms.